The van der Waals surface area contributed by atoms with Gasteiger partial charge >= 0.3 is 0 Å². The third-order valence-corrected chi connectivity index (χ3v) is 13.6. The molecule has 3 aliphatic heterocycles. The highest BCUT2D eigenvalue weighted by atomic mass is 16.5. The predicted octanol–water partition coefficient (Wildman–Crippen LogP) is 14.5. The fourth-order valence-corrected chi connectivity index (χ4v) is 10.1. The Morgan fingerprint density at radius 1 is 0.609 bits per heavy atom. The van der Waals surface area contributed by atoms with Crippen LogP contribution in [0.15, 0.2) is 109 Å². The zero-order valence-corrected chi connectivity index (χ0v) is 41.6. The molecule has 3 saturated heterocycles. The number of rotatable bonds is 14. The molecule has 5 heteroatoms. The molecule has 0 aliphatic carbocycles. The van der Waals surface area contributed by atoms with Gasteiger partial charge < -0.3 is 9.47 Å². The molecule has 0 amide bonds. The van der Waals surface area contributed by atoms with E-state index in [0.717, 1.165) is 31.1 Å². The molecule has 0 N–H and O–H groups in total. The van der Waals surface area contributed by atoms with Gasteiger partial charge in [0.25, 0.3) is 0 Å². The van der Waals surface area contributed by atoms with E-state index in [9.17, 15) is 0 Å². The average molecular weight is 872 g/mol. The van der Waals surface area contributed by atoms with Crippen LogP contribution in [0.4, 0.5) is 0 Å². The van der Waals surface area contributed by atoms with Gasteiger partial charge in [-0.2, -0.15) is 0 Å². The van der Waals surface area contributed by atoms with Crippen LogP contribution in [0.5, 0.6) is 11.5 Å². The minimum absolute atomic E-state index is 0. The third-order valence-electron chi connectivity index (χ3n) is 13.6. The second-order valence-electron chi connectivity index (χ2n) is 22.1. The standard InChI is InChI=1S/C27H37NO.C26H36N2O.C5H12.CH4/c1-22(2)20-27(15-5-6-24-9-7-23(3)8-10-24)16-18-28(19-17-27)21-25-11-13-26(29-4)14-12-25;1-21-5-7-23(8-6-21)18-28-20-26(19-25(28,2)3)13-15-27(16-14-26)17-22-9-11-24(29-4)12-10-22;1-5(2,3)4;/h7-14H,1,5-6,15-21H2,2-4H3;5-12H,13-20H2,1-4H3;1-4H3;1H4. The van der Waals surface area contributed by atoms with Crippen LogP contribution in [-0.4, -0.2) is 67.2 Å². The lowest BCUT2D eigenvalue weighted by Crippen LogP contribution is -2.41. The van der Waals surface area contributed by atoms with Gasteiger partial charge in [-0.1, -0.05) is 125 Å². The number of allylic oxidation sites excluding steroid dienone is 1. The van der Waals surface area contributed by atoms with Gasteiger partial charge in [0.15, 0.2) is 0 Å². The maximum absolute atomic E-state index is 5.28. The molecule has 3 fully saturated rings. The fraction of sp³-hybridized carbons (Fsp3) is 0.559. The van der Waals surface area contributed by atoms with Crippen LogP contribution in [0.25, 0.3) is 0 Å². The van der Waals surface area contributed by atoms with E-state index in [1.807, 2.05) is 0 Å². The van der Waals surface area contributed by atoms with Gasteiger partial charge in [0, 0.05) is 31.7 Å². The maximum Gasteiger partial charge on any atom is 0.118 e. The van der Waals surface area contributed by atoms with E-state index in [0.29, 0.717) is 16.2 Å². The van der Waals surface area contributed by atoms with Gasteiger partial charge in [-0.05, 0) is 181 Å². The minimum atomic E-state index is 0. The van der Waals surface area contributed by atoms with Crippen LogP contribution in [0.1, 0.15) is 141 Å². The van der Waals surface area contributed by atoms with E-state index >= 15 is 0 Å². The topological polar surface area (TPSA) is 28.2 Å². The number of benzene rings is 4. The monoisotopic (exact) mass is 872 g/mol. The molecule has 3 heterocycles. The molecular formula is C59H89N3O2. The zero-order valence-electron chi connectivity index (χ0n) is 41.6. The number of nitrogens with zero attached hydrogens (tertiary/aromatic N) is 3. The fourth-order valence-electron chi connectivity index (χ4n) is 10.1. The Balaban J connectivity index is 0.000000250. The van der Waals surface area contributed by atoms with Crippen LogP contribution >= 0.6 is 0 Å². The molecule has 64 heavy (non-hydrogen) atoms. The lowest BCUT2D eigenvalue weighted by atomic mass is 9.70. The Bertz CT molecular complexity index is 1940. The predicted molar refractivity (Wildman–Crippen MR) is 276 cm³/mol. The number of piperidine rings is 2. The normalized spacial score (nSPS) is 18.2. The highest BCUT2D eigenvalue weighted by Gasteiger charge is 2.49. The average Bonchev–Trinajstić information content (AvgIpc) is 3.49. The molecule has 3 aliphatic rings. The molecule has 4 aromatic rings. The Morgan fingerprint density at radius 2 is 1.00 bits per heavy atom. The van der Waals surface area contributed by atoms with Crippen molar-refractivity contribution in [1.29, 1.82) is 0 Å². The zero-order chi connectivity index (χ0) is 45.7. The molecule has 0 unspecified atom stereocenters. The van der Waals surface area contributed by atoms with Crippen LogP contribution in [0, 0.1) is 30.1 Å². The van der Waals surface area contributed by atoms with Crippen molar-refractivity contribution in [2.45, 2.75) is 153 Å². The van der Waals surface area contributed by atoms with Crippen molar-refractivity contribution >= 4 is 0 Å². The minimum Gasteiger partial charge on any atom is -0.497 e. The summed E-state index contributed by atoms with van der Waals surface area (Å²) in [5.41, 5.74) is 11.4. The summed E-state index contributed by atoms with van der Waals surface area (Å²) in [5.74, 6) is 1.87. The summed E-state index contributed by atoms with van der Waals surface area (Å²) in [5, 5.41) is 0. The van der Waals surface area contributed by atoms with Crippen LogP contribution in [0.2, 0.25) is 0 Å². The highest BCUT2D eigenvalue weighted by Crippen LogP contribution is 2.48. The molecule has 7 rings (SSSR count). The molecule has 0 saturated carbocycles. The summed E-state index contributed by atoms with van der Waals surface area (Å²) >= 11 is 0. The van der Waals surface area contributed by atoms with Gasteiger partial charge in [-0.25, -0.2) is 0 Å². The number of likely N-dealkylation sites (tertiary alicyclic amines) is 3. The molecule has 5 nitrogen and oxygen atoms in total. The summed E-state index contributed by atoms with van der Waals surface area (Å²) in [6, 6.07) is 35.2. The molecule has 0 bridgehead atoms. The first-order valence-corrected chi connectivity index (χ1v) is 24.1. The van der Waals surface area contributed by atoms with Crippen molar-refractivity contribution < 1.29 is 9.47 Å². The summed E-state index contributed by atoms with van der Waals surface area (Å²) in [4.78, 5) is 7.97. The molecule has 0 aromatic heterocycles. The van der Waals surface area contributed by atoms with Gasteiger partial charge in [0.2, 0.25) is 0 Å². The number of aryl methyl sites for hydroxylation is 3. The molecule has 4 aromatic carbocycles. The second-order valence-corrected chi connectivity index (χ2v) is 22.1. The maximum atomic E-state index is 5.28. The van der Waals surface area contributed by atoms with Gasteiger partial charge in [-0.3, -0.25) is 14.7 Å². The number of hydrogen-bond acceptors (Lipinski definition) is 5. The van der Waals surface area contributed by atoms with Crippen molar-refractivity contribution in [2.24, 2.45) is 16.2 Å². The van der Waals surface area contributed by atoms with E-state index in [1.165, 1.54) is 129 Å². The summed E-state index contributed by atoms with van der Waals surface area (Å²) in [6.45, 7) is 33.6. The summed E-state index contributed by atoms with van der Waals surface area (Å²) in [6.07, 6.45) is 11.5. The largest absolute Gasteiger partial charge is 0.497 e. The lowest BCUT2D eigenvalue weighted by Gasteiger charge is -2.42. The van der Waals surface area contributed by atoms with E-state index in [1.54, 1.807) is 14.2 Å². The summed E-state index contributed by atoms with van der Waals surface area (Å²) in [7, 11) is 3.45. The molecular weight excluding hydrogens is 783 g/mol. The van der Waals surface area contributed by atoms with Crippen LogP contribution < -0.4 is 9.47 Å². The van der Waals surface area contributed by atoms with Crippen molar-refractivity contribution in [3.8, 4) is 11.5 Å². The van der Waals surface area contributed by atoms with Gasteiger partial charge in [-0.15, -0.1) is 6.58 Å². The Hall–Kier alpha value is -3.90. The third kappa shape index (κ3) is 17.1. The SMILES string of the molecule is C.C=C(C)CC1(CCCc2ccc(C)cc2)CCN(Cc2ccc(OC)cc2)CC1.CC(C)(C)C.COc1ccc(CN2CCC3(CC2)CN(Cc2ccc(C)cc2)C(C)(C)C3)cc1. The first-order chi connectivity index (χ1) is 29.8. The highest BCUT2D eigenvalue weighted by molar-refractivity contribution is 5.28. The molecule has 352 valence electrons. The summed E-state index contributed by atoms with van der Waals surface area (Å²) < 4.78 is 10.6. The molecule has 0 atom stereocenters. The van der Waals surface area contributed by atoms with Crippen molar-refractivity contribution in [1.82, 2.24) is 14.7 Å². The van der Waals surface area contributed by atoms with Crippen molar-refractivity contribution in [3.05, 3.63) is 143 Å². The van der Waals surface area contributed by atoms with E-state index in [4.69, 9.17) is 9.47 Å². The van der Waals surface area contributed by atoms with E-state index in [2.05, 4.69) is 181 Å². The van der Waals surface area contributed by atoms with Crippen molar-refractivity contribution in [2.75, 3.05) is 46.9 Å². The first-order valence-electron chi connectivity index (χ1n) is 24.1. The van der Waals surface area contributed by atoms with Crippen molar-refractivity contribution in [3.63, 3.8) is 0 Å². The van der Waals surface area contributed by atoms with Gasteiger partial charge in [0.05, 0.1) is 14.2 Å². The molecule has 1 spiro atoms. The van der Waals surface area contributed by atoms with E-state index in [-0.39, 0.29) is 13.0 Å². The Morgan fingerprint density at radius 3 is 1.42 bits per heavy atom. The number of hydrogen-bond donors (Lipinski definition) is 0. The quantitative estimate of drug-likeness (QED) is 0.118. The first kappa shape index (κ1) is 52.7. The Kier molecular flexibility index (Phi) is 19.8. The van der Waals surface area contributed by atoms with Crippen LogP contribution in [-0.2, 0) is 26.1 Å². The molecule has 0 radical (unpaired) electrons. The smallest absolute Gasteiger partial charge is 0.118 e. The lowest BCUT2D eigenvalue weighted by molar-refractivity contribution is 0.0883. The second kappa shape index (κ2) is 24.0. The number of ether oxygens (including phenoxy) is 2. The van der Waals surface area contributed by atoms with E-state index < -0.39 is 0 Å². The number of methoxy groups -OCH3 is 2. The Labute approximate surface area is 392 Å². The van der Waals surface area contributed by atoms with Gasteiger partial charge in [0.1, 0.15) is 11.5 Å². The van der Waals surface area contributed by atoms with Crippen LogP contribution in [0.3, 0.4) is 0 Å².